The molecule has 1 unspecified atom stereocenters. The molecule has 0 saturated heterocycles. The number of aryl methyl sites for hydroxylation is 2. The van der Waals surface area contributed by atoms with Gasteiger partial charge in [-0.3, -0.25) is 4.68 Å². The zero-order valence-electron chi connectivity index (χ0n) is 13.0. The van der Waals surface area contributed by atoms with Crippen LogP contribution in [0.2, 0.25) is 0 Å². The van der Waals surface area contributed by atoms with Gasteiger partial charge in [-0.25, -0.2) is 0 Å². The maximum Gasteiger partial charge on any atom is 0.0738 e. The van der Waals surface area contributed by atoms with Crippen molar-refractivity contribution in [3.05, 3.63) is 15.9 Å². The first kappa shape index (κ1) is 16.0. The fourth-order valence-electron chi connectivity index (χ4n) is 2.93. The first-order valence-electron chi connectivity index (χ1n) is 7.35. The lowest BCUT2D eigenvalue weighted by Gasteiger charge is -2.30. The number of nitrogens with one attached hydrogen (secondary N) is 1. The van der Waals surface area contributed by atoms with Gasteiger partial charge in [0, 0.05) is 27.2 Å². The molecule has 5 heteroatoms. The number of nitrogens with zero attached hydrogens (tertiary/aromatic N) is 2. The molecular weight excluding hydrogens is 318 g/mol. The quantitative estimate of drug-likeness (QED) is 0.737. The monoisotopic (exact) mass is 343 g/mol. The van der Waals surface area contributed by atoms with Crippen molar-refractivity contribution < 1.29 is 4.74 Å². The van der Waals surface area contributed by atoms with Crippen LogP contribution in [0.5, 0.6) is 0 Å². The van der Waals surface area contributed by atoms with Crippen molar-refractivity contribution in [3.8, 4) is 0 Å². The highest BCUT2D eigenvalue weighted by Crippen LogP contribution is 2.47. The number of rotatable bonds is 8. The number of aromatic nitrogens is 2. The van der Waals surface area contributed by atoms with E-state index in [0.29, 0.717) is 5.41 Å². The lowest BCUT2D eigenvalue weighted by Crippen LogP contribution is -2.37. The number of ether oxygens (including phenoxy) is 1. The highest BCUT2D eigenvalue weighted by atomic mass is 79.9. The van der Waals surface area contributed by atoms with Gasteiger partial charge in [0.15, 0.2) is 0 Å². The van der Waals surface area contributed by atoms with Crippen LogP contribution >= 0.6 is 15.9 Å². The molecule has 1 aromatic rings. The first-order chi connectivity index (χ1) is 9.48. The van der Waals surface area contributed by atoms with Gasteiger partial charge in [0.1, 0.15) is 0 Å². The second kappa shape index (κ2) is 6.58. The van der Waals surface area contributed by atoms with Gasteiger partial charge in [0.2, 0.25) is 0 Å². The first-order valence-corrected chi connectivity index (χ1v) is 8.15. The molecule has 0 bridgehead atoms. The summed E-state index contributed by atoms with van der Waals surface area (Å²) in [6, 6.07) is 0. The van der Waals surface area contributed by atoms with Crippen molar-refractivity contribution in [3.63, 3.8) is 0 Å². The molecular formula is C15H26BrN3O. The fourth-order valence-corrected chi connectivity index (χ4v) is 3.41. The summed E-state index contributed by atoms with van der Waals surface area (Å²) in [5, 5.41) is 8.06. The van der Waals surface area contributed by atoms with E-state index in [4.69, 9.17) is 4.74 Å². The van der Waals surface area contributed by atoms with Gasteiger partial charge in [-0.15, -0.1) is 0 Å². The lowest BCUT2D eigenvalue weighted by atomic mass is 9.80. The minimum absolute atomic E-state index is 0.302. The molecule has 0 radical (unpaired) electrons. The average Bonchev–Trinajstić information content (AvgIpc) is 3.21. The van der Waals surface area contributed by atoms with E-state index in [2.05, 4.69) is 40.2 Å². The van der Waals surface area contributed by atoms with Crippen molar-refractivity contribution in [2.45, 2.75) is 33.1 Å². The third kappa shape index (κ3) is 3.62. The van der Waals surface area contributed by atoms with Crippen LogP contribution in [0, 0.1) is 18.3 Å². The van der Waals surface area contributed by atoms with Crippen molar-refractivity contribution in [1.82, 2.24) is 15.1 Å². The molecule has 1 aromatic heterocycles. The Kier molecular flexibility index (Phi) is 5.26. The summed E-state index contributed by atoms with van der Waals surface area (Å²) in [6.07, 6.45) is 3.78. The molecule has 1 aliphatic rings. The second-order valence-corrected chi connectivity index (χ2v) is 7.04. The van der Waals surface area contributed by atoms with Gasteiger partial charge in [-0.2, -0.15) is 5.10 Å². The maximum absolute atomic E-state index is 5.11. The molecule has 1 saturated carbocycles. The molecule has 2 rings (SSSR count). The summed E-state index contributed by atoms with van der Waals surface area (Å²) in [6.45, 7) is 7.19. The Bertz CT molecular complexity index is 456. The molecule has 1 atom stereocenters. The molecule has 0 spiro atoms. The Morgan fingerprint density at radius 3 is 2.70 bits per heavy atom. The van der Waals surface area contributed by atoms with E-state index in [9.17, 15) is 0 Å². The fraction of sp³-hybridized carbons (Fsp3) is 0.800. The Hall–Kier alpha value is -0.390. The van der Waals surface area contributed by atoms with Crippen LogP contribution in [0.3, 0.4) is 0 Å². The summed E-state index contributed by atoms with van der Waals surface area (Å²) >= 11 is 3.69. The normalized spacial score (nSPS) is 18.2. The Morgan fingerprint density at radius 1 is 1.50 bits per heavy atom. The van der Waals surface area contributed by atoms with Gasteiger partial charge in [0.05, 0.1) is 22.5 Å². The van der Waals surface area contributed by atoms with Crippen LogP contribution < -0.4 is 5.32 Å². The molecule has 0 amide bonds. The SMILES string of the molecule is COCCNCC(C)(Cc1c(Br)c(C)nn1C)C1CC1. The Labute approximate surface area is 130 Å². The number of methoxy groups -OCH3 is 1. The number of halogens is 1. The van der Waals surface area contributed by atoms with Gasteiger partial charge >= 0.3 is 0 Å². The minimum atomic E-state index is 0.302. The highest BCUT2D eigenvalue weighted by molar-refractivity contribution is 9.10. The van der Waals surface area contributed by atoms with E-state index in [1.165, 1.54) is 23.0 Å². The smallest absolute Gasteiger partial charge is 0.0738 e. The Balaban J connectivity index is 2.04. The topological polar surface area (TPSA) is 39.1 Å². The number of hydrogen-bond acceptors (Lipinski definition) is 3. The molecule has 1 fully saturated rings. The van der Waals surface area contributed by atoms with E-state index in [0.717, 1.165) is 37.7 Å². The van der Waals surface area contributed by atoms with Crippen LogP contribution in [0.15, 0.2) is 4.47 Å². The van der Waals surface area contributed by atoms with E-state index >= 15 is 0 Å². The molecule has 1 aliphatic carbocycles. The van der Waals surface area contributed by atoms with Crippen molar-refractivity contribution in [1.29, 1.82) is 0 Å². The Morgan fingerprint density at radius 2 is 2.20 bits per heavy atom. The summed E-state index contributed by atoms with van der Waals surface area (Å²) in [4.78, 5) is 0. The van der Waals surface area contributed by atoms with Crippen molar-refractivity contribution in [2.75, 3.05) is 26.8 Å². The third-order valence-electron chi connectivity index (χ3n) is 4.41. The average molecular weight is 344 g/mol. The zero-order chi connectivity index (χ0) is 14.8. The van der Waals surface area contributed by atoms with Gasteiger partial charge in [0.25, 0.3) is 0 Å². The molecule has 0 aliphatic heterocycles. The van der Waals surface area contributed by atoms with Crippen molar-refractivity contribution >= 4 is 15.9 Å². The van der Waals surface area contributed by atoms with Gasteiger partial charge in [-0.1, -0.05) is 6.92 Å². The van der Waals surface area contributed by atoms with E-state index in [1.54, 1.807) is 7.11 Å². The van der Waals surface area contributed by atoms with Crippen LogP contribution in [0.1, 0.15) is 31.2 Å². The minimum Gasteiger partial charge on any atom is -0.383 e. The zero-order valence-corrected chi connectivity index (χ0v) is 14.6. The second-order valence-electron chi connectivity index (χ2n) is 6.24. The van der Waals surface area contributed by atoms with Crippen LogP contribution in [-0.2, 0) is 18.2 Å². The van der Waals surface area contributed by atoms with E-state index in [1.807, 2.05) is 11.7 Å². The summed E-state index contributed by atoms with van der Waals surface area (Å²) < 4.78 is 8.30. The molecule has 1 N–H and O–H groups in total. The predicted molar refractivity (Wildman–Crippen MR) is 84.9 cm³/mol. The summed E-state index contributed by atoms with van der Waals surface area (Å²) in [5.41, 5.74) is 2.69. The van der Waals surface area contributed by atoms with Gasteiger partial charge in [-0.05, 0) is 53.4 Å². The predicted octanol–water partition coefficient (Wildman–Crippen LogP) is 2.69. The largest absolute Gasteiger partial charge is 0.383 e. The van der Waals surface area contributed by atoms with Crippen LogP contribution in [0.25, 0.3) is 0 Å². The van der Waals surface area contributed by atoms with Crippen LogP contribution in [0.4, 0.5) is 0 Å². The van der Waals surface area contributed by atoms with Gasteiger partial charge < -0.3 is 10.1 Å². The van der Waals surface area contributed by atoms with E-state index in [-0.39, 0.29) is 0 Å². The number of hydrogen-bond donors (Lipinski definition) is 1. The highest BCUT2D eigenvalue weighted by Gasteiger charge is 2.42. The maximum atomic E-state index is 5.11. The molecule has 0 aromatic carbocycles. The molecule has 4 nitrogen and oxygen atoms in total. The molecule has 1 heterocycles. The summed E-state index contributed by atoms with van der Waals surface area (Å²) in [5.74, 6) is 0.833. The van der Waals surface area contributed by atoms with E-state index < -0.39 is 0 Å². The summed E-state index contributed by atoms with van der Waals surface area (Å²) in [7, 11) is 3.79. The standard InChI is InChI=1S/C15H26BrN3O/c1-11-14(16)13(19(3)18-11)9-15(2,12-5-6-12)10-17-7-8-20-4/h12,17H,5-10H2,1-4H3. The molecule has 20 heavy (non-hydrogen) atoms. The van der Waals surface area contributed by atoms with Crippen molar-refractivity contribution in [2.24, 2.45) is 18.4 Å². The lowest BCUT2D eigenvalue weighted by molar-refractivity contribution is 0.186. The van der Waals surface area contributed by atoms with Crippen LogP contribution in [-0.4, -0.2) is 36.6 Å². The third-order valence-corrected chi connectivity index (χ3v) is 5.44. The molecule has 114 valence electrons.